The van der Waals surface area contributed by atoms with Crippen molar-refractivity contribution in [3.8, 4) is 0 Å². The van der Waals surface area contributed by atoms with E-state index in [4.69, 9.17) is 21.4 Å². The first kappa shape index (κ1) is 14.6. The molecule has 0 spiro atoms. The summed E-state index contributed by atoms with van der Waals surface area (Å²) in [7, 11) is 0. The van der Waals surface area contributed by atoms with Gasteiger partial charge < -0.3 is 20.5 Å². The lowest BCUT2D eigenvalue weighted by atomic mass is 10.0. The first-order valence-electron chi connectivity index (χ1n) is 6.16. The third kappa shape index (κ3) is 3.61. The van der Waals surface area contributed by atoms with Crippen molar-refractivity contribution >= 4 is 23.6 Å². The van der Waals surface area contributed by atoms with Crippen LogP contribution in [0.25, 0.3) is 0 Å². The zero-order valence-corrected chi connectivity index (χ0v) is 11.4. The van der Waals surface area contributed by atoms with Crippen LogP contribution in [0.4, 0.5) is 4.79 Å². The second-order valence-corrected chi connectivity index (χ2v) is 4.91. The van der Waals surface area contributed by atoms with E-state index in [1.54, 1.807) is 18.2 Å². The molecule has 1 fully saturated rings. The van der Waals surface area contributed by atoms with Gasteiger partial charge in [-0.3, -0.25) is 4.79 Å². The first-order chi connectivity index (χ1) is 9.58. The Kier molecular flexibility index (Phi) is 4.81. The largest absolute Gasteiger partial charge is 0.481 e. The maximum Gasteiger partial charge on any atom is 0.315 e. The number of halogens is 1. The standard InChI is InChI=1S/C13H15ClN2O4/c14-10-4-2-1-3-8(10)5-15-13(19)16-11-7-20-6-9(11)12(17)18/h1-4,9,11H,5-7H2,(H,17,18)(H2,15,16,19). The fraction of sp³-hybridized carbons (Fsp3) is 0.385. The highest BCUT2D eigenvalue weighted by Crippen LogP contribution is 2.15. The van der Waals surface area contributed by atoms with E-state index in [1.165, 1.54) is 0 Å². The molecule has 0 saturated carbocycles. The lowest BCUT2D eigenvalue weighted by Crippen LogP contribution is -2.47. The van der Waals surface area contributed by atoms with Crippen LogP contribution in [-0.4, -0.2) is 36.4 Å². The Balaban J connectivity index is 1.84. The average molecular weight is 299 g/mol. The molecule has 1 aliphatic rings. The second kappa shape index (κ2) is 6.58. The number of urea groups is 1. The van der Waals surface area contributed by atoms with Gasteiger partial charge in [0.25, 0.3) is 0 Å². The molecule has 3 N–H and O–H groups in total. The Morgan fingerprint density at radius 3 is 2.80 bits per heavy atom. The second-order valence-electron chi connectivity index (χ2n) is 4.51. The van der Waals surface area contributed by atoms with Crippen LogP contribution < -0.4 is 10.6 Å². The average Bonchev–Trinajstić information content (AvgIpc) is 2.86. The minimum atomic E-state index is -0.973. The molecule has 1 saturated heterocycles. The van der Waals surface area contributed by atoms with E-state index < -0.39 is 24.0 Å². The van der Waals surface area contributed by atoms with Gasteiger partial charge in [-0.15, -0.1) is 0 Å². The predicted octanol–water partition coefficient (Wildman–Crippen LogP) is 1.24. The summed E-state index contributed by atoms with van der Waals surface area (Å²) < 4.78 is 5.07. The van der Waals surface area contributed by atoms with Crippen molar-refractivity contribution < 1.29 is 19.4 Å². The lowest BCUT2D eigenvalue weighted by molar-refractivity contribution is -0.142. The van der Waals surface area contributed by atoms with Gasteiger partial charge in [-0.1, -0.05) is 29.8 Å². The number of aliphatic carboxylic acids is 1. The summed E-state index contributed by atoms with van der Waals surface area (Å²) in [5.41, 5.74) is 0.793. The number of hydrogen-bond donors (Lipinski definition) is 3. The monoisotopic (exact) mass is 298 g/mol. The van der Waals surface area contributed by atoms with E-state index >= 15 is 0 Å². The number of carbonyl (C=O) groups excluding carboxylic acids is 1. The lowest BCUT2D eigenvalue weighted by Gasteiger charge is -2.16. The van der Waals surface area contributed by atoms with Gasteiger partial charge >= 0.3 is 12.0 Å². The van der Waals surface area contributed by atoms with Crippen molar-refractivity contribution in [2.24, 2.45) is 5.92 Å². The Bertz CT molecular complexity index is 509. The number of rotatable bonds is 4. The molecule has 2 rings (SSSR count). The molecule has 2 unspecified atom stereocenters. The Morgan fingerprint density at radius 1 is 1.35 bits per heavy atom. The maximum atomic E-state index is 11.7. The zero-order valence-electron chi connectivity index (χ0n) is 10.6. The smallest absolute Gasteiger partial charge is 0.315 e. The summed E-state index contributed by atoms with van der Waals surface area (Å²) in [4.78, 5) is 22.7. The van der Waals surface area contributed by atoms with Crippen molar-refractivity contribution in [3.63, 3.8) is 0 Å². The summed E-state index contributed by atoms with van der Waals surface area (Å²) in [6.45, 7) is 0.595. The first-order valence-corrected chi connectivity index (χ1v) is 6.54. The number of nitrogens with one attached hydrogen (secondary N) is 2. The molecule has 0 aromatic heterocycles. The van der Waals surface area contributed by atoms with Crippen LogP contribution in [0.3, 0.4) is 0 Å². The molecule has 2 atom stereocenters. The van der Waals surface area contributed by atoms with Crippen molar-refractivity contribution in [1.29, 1.82) is 0 Å². The molecule has 1 aromatic rings. The minimum absolute atomic E-state index is 0.116. The molecule has 108 valence electrons. The number of carboxylic acids is 1. The Labute approximate surface area is 121 Å². The quantitative estimate of drug-likeness (QED) is 0.780. The third-order valence-electron chi connectivity index (χ3n) is 3.11. The van der Waals surface area contributed by atoms with Gasteiger partial charge in [0.05, 0.1) is 19.3 Å². The Hall–Kier alpha value is -1.79. The van der Waals surface area contributed by atoms with Gasteiger partial charge in [-0.25, -0.2) is 4.79 Å². The summed E-state index contributed by atoms with van der Waals surface area (Å²) in [6, 6.07) is 6.22. The molecule has 1 heterocycles. The molecule has 7 heteroatoms. The fourth-order valence-corrected chi connectivity index (χ4v) is 2.18. The number of carboxylic acid groups (broad SMARTS) is 1. The summed E-state index contributed by atoms with van der Waals surface area (Å²) in [5.74, 6) is -1.68. The maximum absolute atomic E-state index is 11.7. The van der Waals surface area contributed by atoms with Gasteiger partial charge in [0.15, 0.2) is 0 Å². The van der Waals surface area contributed by atoms with Crippen molar-refractivity contribution in [1.82, 2.24) is 10.6 Å². The SMILES string of the molecule is O=C(NCc1ccccc1Cl)NC1COCC1C(=O)O. The van der Waals surface area contributed by atoms with E-state index in [9.17, 15) is 9.59 Å². The Morgan fingerprint density at radius 2 is 2.10 bits per heavy atom. The summed E-state index contributed by atoms with van der Waals surface area (Å²) >= 11 is 5.97. The van der Waals surface area contributed by atoms with Crippen LogP contribution in [0.5, 0.6) is 0 Å². The van der Waals surface area contributed by atoms with E-state index in [0.29, 0.717) is 5.02 Å². The van der Waals surface area contributed by atoms with Gasteiger partial charge in [-0.05, 0) is 11.6 Å². The van der Waals surface area contributed by atoms with Gasteiger partial charge in [-0.2, -0.15) is 0 Å². The molecule has 20 heavy (non-hydrogen) atoms. The van der Waals surface area contributed by atoms with Crippen molar-refractivity contribution in [2.45, 2.75) is 12.6 Å². The minimum Gasteiger partial charge on any atom is -0.481 e. The molecule has 0 radical (unpaired) electrons. The molecule has 0 aliphatic carbocycles. The third-order valence-corrected chi connectivity index (χ3v) is 3.48. The summed E-state index contributed by atoms with van der Waals surface area (Å²) in [6.07, 6.45) is 0. The predicted molar refractivity (Wildman–Crippen MR) is 72.6 cm³/mol. The van der Waals surface area contributed by atoms with Crippen molar-refractivity contribution in [3.05, 3.63) is 34.9 Å². The van der Waals surface area contributed by atoms with E-state index in [2.05, 4.69) is 10.6 Å². The topological polar surface area (TPSA) is 87.7 Å². The van der Waals surface area contributed by atoms with E-state index in [1.807, 2.05) is 6.07 Å². The zero-order chi connectivity index (χ0) is 14.5. The molecule has 6 nitrogen and oxygen atoms in total. The number of carbonyl (C=O) groups is 2. The summed E-state index contributed by atoms with van der Waals surface area (Å²) in [5, 5.41) is 14.8. The number of hydrogen-bond acceptors (Lipinski definition) is 3. The van der Waals surface area contributed by atoms with E-state index in [-0.39, 0.29) is 19.8 Å². The fourth-order valence-electron chi connectivity index (χ4n) is 1.98. The number of benzene rings is 1. The van der Waals surface area contributed by atoms with Crippen molar-refractivity contribution in [2.75, 3.05) is 13.2 Å². The van der Waals surface area contributed by atoms with Gasteiger partial charge in [0.2, 0.25) is 0 Å². The van der Waals surface area contributed by atoms with Crippen LogP contribution in [0.15, 0.2) is 24.3 Å². The van der Waals surface area contributed by atoms with Crippen LogP contribution in [-0.2, 0) is 16.1 Å². The molecule has 0 bridgehead atoms. The molecule has 2 amide bonds. The van der Waals surface area contributed by atoms with Gasteiger partial charge in [0, 0.05) is 11.6 Å². The van der Waals surface area contributed by atoms with Crippen LogP contribution in [0.1, 0.15) is 5.56 Å². The van der Waals surface area contributed by atoms with Crippen LogP contribution in [0.2, 0.25) is 5.02 Å². The van der Waals surface area contributed by atoms with Crippen LogP contribution in [0, 0.1) is 5.92 Å². The van der Waals surface area contributed by atoms with Gasteiger partial charge in [0.1, 0.15) is 5.92 Å². The molecule has 1 aromatic carbocycles. The molecular formula is C13H15ClN2O4. The highest BCUT2D eigenvalue weighted by molar-refractivity contribution is 6.31. The molecular weight excluding hydrogens is 284 g/mol. The number of ether oxygens (including phenoxy) is 1. The molecule has 1 aliphatic heterocycles. The normalized spacial score (nSPS) is 21.4. The highest BCUT2D eigenvalue weighted by Gasteiger charge is 2.34. The van der Waals surface area contributed by atoms with E-state index in [0.717, 1.165) is 5.56 Å². The number of amides is 2. The highest BCUT2D eigenvalue weighted by atomic mass is 35.5. The van der Waals surface area contributed by atoms with Crippen LogP contribution >= 0.6 is 11.6 Å².